The van der Waals surface area contributed by atoms with Gasteiger partial charge < -0.3 is 10.2 Å². The van der Waals surface area contributed by atoms with Crippen molar-refractivity contribution in [3.05, 3.63) is 30.1 Å². The first-order valence-electron chi connectivity index (χ1n) is 13.3. The molecular weight excluding hydrogens is 469 g/mol. The van der Waals surface area contributed by atoms with Crippen molar-refractivity contribution in [2.24, 2.45) is 23.2 Å². The molecule has 6 nitrogen and oxygen atoms in total. The summed E-state index contributed by atoms with van der Waals surface area (Å²) in [6, 6.07) is 5.24. The van der Waals surface area contributed by atoms with Gasteiger partial charge in [-0.25, -0.2) is 4.98 Å². The van der Waals surface area contributed by atoms with Crippen molar-refractivity contribution in [2.45, 2.75) is 77.3 Å². The second-order valence-corrected chi connectivity index (χ2v) is 11.3. The molecule has 5 rings (SSSR count). The molecule has 0 spiro atoms. The highest BCUT2D eigenvalue weighted by Gasteiger charge is 2.44. The summed E-state index contributed by atoms with van der Waals surface area (Å²) in [5.41, 5.74) is 0.630. The van der Waals surface area contributed by atoms with E-state index >= 15 is 0 Å². The molecule has 2 amide bonds. The van der Waals surface area contributed by atoms with Crippen molar-refractivity contribution in [1.82, 2.24) is 14.3 Å². The summed E-state index contributed by atoms with van der Waals surface area (Å²) in [6.45, 7) is 2.18. The Morgan fingerprint density at radius 3 is 2.81 bits per heavy atom. The summed E-state index contributed by atoms with van der Waals surface area (Å²) >= 11 is 0. The standard InChI is InChI=1S/C27H35F3N4O2/c1-2-18-12-19-6-4-10-26(13-18,14-19)15-24(35)32-23-9-3-8-22-31-21(17-34(22)23)25(36)33-11-5-7-20(16-33)27(28,29)30/h3,8-9,17-20H,2,4-7,10-16H2,1H3,(H,32,35). The second-order valence-electron chi connectivity index (χ2n) is 11.3. The number of carbonyl (C=O) groups is 2. The lowest BCUT2D eigenvalue weighted by molar-refractivity contribution is -0.184. The zero-order valence-corrected chi connectivity index (χ0v) is 20.8. The van der Waals surface area contributed by atoms with Gasteiger partial charge >= 0.3 is 6.18 Å². The lowest BCUT2D eigenvalue weighted by atomic mass is 9.57. The fraction of sp³-hybridized carbons (Fsp3) is 0.667. The maximum absolute atomic E-state index is 13.2. The molecule has 4 unspecified atom stereocenters. The van der Waals surface area contributed by atoms with Crippen molar-refractivity contribution in [2.75, 3.05) is 18.4 Å². The number of imidazole rings is 1. The van der Waals surface area contributed by atoms with Crippen LogP contribution in [0.5, 0.6) is 0 Å². The Bertz CT molecular complexity index is 1130. The average Bonchev–Trinajstić information content (AvgIpc) is 3.28. The molecule has 2 aliphatic carbocycles. The van der Waals surface area contributed by atoms with Gasteiger partial charge in [0, 0.05) is 25.7 Å². The number of aromatic nitrogens is 2. The van der Waals surface area contributed by atoms with Crippen LogP contribution < -0.4 is 5.32 Å². The lowest BCUT2D eigenvalue weighted by Gasteiger charge is -2.48. The van der Waals surface area contributed by atoms with Crippen molar-refractivity contribution in [3.63, 3.8) is 0 Å². The first kappa shape index (κ1) is 25.1. The van der Waals surface area contributed by atoms with E-state index in [0.29, 0.717) is 30.2 Å². The number of nitrogens with one attached hydrogen (secondary N) is 1. The highest BCUT2D eigenvalue weighted by molar-refractivity contribution is 5.94. The molecule has 196 valence electrons. The molecule has 2 aromatic rings. The van der Waals surface area contributed by atoms with Gasteiger partial charge in [0.2, 0.25) is 5.91 Å². The third-order valence-electron chi connectivity index (χ3n) is 8.69. The third-order valence-corrected chi connectivity index (χ3v) is 8.69. The summed E-state index contributed by atoms with van der Waals surface area (Å²) in [4.78, 5) is 31.8. The number of alkyl halides is 3. The van der Waals surface area contributed by atoms with Gasteiger partial charge in [0.05, 0.1) is 5.92 Å². The third kappa shape index (κ3) is 5.11. The molecule has 9 heteroatoms. The van der Waals surface area contributed by atoms with Crippen molar-refractivity contribution in [3.8, 4) is 0 Å². The maximum Gasteiger partial charge on any atom is 0.393 e. The minimum Gasteiger partial charge on any atom is -0.337 e. The van der Waals surface area contributed by atoms with Crippen LogP contribution in [-0.2, 0) is 4.79 Å². The van der Waals surface area contributed by atoms with E-state index in [9.17, 15) is 22.8 Å². The Labute approximate surface area is 209 Å². The Balaban J connectivity index is 1.30. The number of anilines is 1. The van der Waals surface area contributed by atoms with Crippen LogP contribution in [0.2, 0.25) is 0 Å². The molecule has 0 aromatic carbocycles. The summed E-state index contributed by atoms with van der Waals surface area (Å²) in [7, 11) is 0. The van der Waals surface area contributed by atoms with Crippen molar-refractivity contribution >= 4 is 23.3 Å². The molecule has 4 atom stereocenters. The number of hydrogen-bond acceptors (Lipinski definition) is 3. The van der Waals surface area contributed by atoms with Crippen LogP contribution >= 0.6 is 0 Å². The zero-order valence-electron chi connectivity index (χ0n) is 20.8. The van der Waals surface area contributed by atoms with E-state index in [-0.39, 0.29) is 36.5 Å². The van der Waals surface area contributed by atoms with Gasteiger partial charge in [0.1, 0.15) is 17.2 Å². The van der Waals surface area contributed by atoms with E-state index < -0.39 is 18.0 Å². The SMILES string of the molecule is CCC1CC2CCCC(CC(=O)Nc3cccc4nc(C(=O)N5CCCC(C(F)(F)F)C5)cn34)(C1)C2. The molecule has 3 fully saturated rings. The molecule has 1 saturated heterocycles. The average molecular weight is 505 g/mol. The number of fused-ring (bicyclic) bond motifs is 3. The number of likely N-dealkylation sites (tertiary alicyclic amines) is 1. The van der Waals surface area contributed by atoms with Gasteiger partial charge in [-0.3, -0.25) is 14.0 Å². The second kappa shape index (κ2) is 9.71. The number of amides is 2. The van der Waals surface area contributed by atoms with Crippen molar-refractivity contribution < 1.29 is 22.8 Å². The van der Waals surface area contributed by atoms with Crippen molar-refractivity contribution in [1.29, 1.82) is 0 Å². The Morgan fingerprint density at radius 2 is 2.03 bits per heavy atom. The van der Waals surface area contributed by atoms with Crippen LogP contribution in [0.25, 0.3) is 5.65 Å². The molecule has 3 heterocycles. The van der Waals surface area contributed by atoms with Gasteiger partial charge in [-0.2, -0.15) is 13.2 Å². The summed E-state index contributed by atoms with van der Waals surface area (Å²) in [5, 5.41) is 3.03. The Hall–Kier alpha value is -2.58. The monoisotopic (exact) mass is 504 g/mol. The fourth-order valence-corrected chi connectivity index (χ4v) is 7.01. The van der Waals surface area contributed by atoms with Gasteiger partial charge in [-0.05, 0) is 67.9 Å². The Morgan fingerprint density at radius 1 is 1.19 bits per heavy atom. The van der Waals surface area contributed by atoms with E-state index in [4.69, 9.17) is 0 Å². The molecule has 3 aliphatic rings. The topological polar surface area (TPSA) is 66.7 Å². The van der Waals surface area contributed by atoms with Gasteiger partial charge in [0.25, 0.3) is 5.91 Å². The normalized spacial score (nSPS) is 28.8. The largest absolute Gasteiger partial charge is 0.393 e. The highest BCUT2D eigenvalue weighted by Crippen LogP contribution is 2.53. The molecule has 36 heavy (non-hydrogen) atoms. The predicted molar refractivity (Wildman–Crippen MR) is 131 cm³/mol. The summed E-state index contributed by atoms with van der Waals surface area (Å²) < 4.78 is 41.3. The fourth-order valence-electron chi connectivity index (χ4n) is 7.01. The molecule has 2 bridgehead atoms. The molecule has 2 saturated carbocycles. The van der Waals surface area contributed by atoms with Crippen LogP contribution in [0.4, 0.5) is 19.0 Å². The predicted octanol–water partition coefficient (Wildman–Crippen LogP) is 6.07. The number of nitrogens with zero attached hydrogens (tertiary/aromatic N) is 3. The first-order valence-corrected chi connectivity index (χ1v) is 13.3. The zero-order chi connectivity index (χ0) is 25.5. The minimum absolute atomic E-state index is 0.0365. The van der Waals surface area contributed by atoms with Crippen LogP contribution in [0.15, 0.2) is 24.4 Å². The smallest absolute Gasteiger partial charge is 0.337 e. The Kier molecular flexibility index (Phi) is 6.76. The first-order chi connectivity index (χ1) is 17.2. The number of rotatable bonds is 5. The maximum atomic E-state index is 13.2. The number of hydrogen-bond donors (Lipinski definition) is 1. The molecule has 1 aliphatic heterocycles. The van der Waals surface area contributed by atoms with Gasteiger partial charge in [-0.1, -0.05) is 32.3 Å². The molecule has 0 radical (unpaired) electrons. The number of pyridine rings is 1. The summed E-state index contributed by atoms with van der Waals surface area (Å²) in [6.07, 6.45) is 6.26. The van der Waals surface area contributed by atoms with Crippen LogP contribution in [0, 0.1) is 23.2 Å². The highest BCUT2D eigenvalue weighted by atomic mass is 19.4. The van der Waals surface area contributed by atoms with Crippen LogP contribution in [0.1, 0.15) is 81.6 Å². The van der Waals surface area contributed by atoms with Crippen LogP contribution in [-0.4, -0.2) is 45.4 Å². The van der Waals surface area contributed by atoms with Crippen LogP contribution in [0.3, 0.4) is 0 Å². The number of halogens is 3. The number of piperidine rings is 1. The summed E-state index contributed by atoms with van der Waals surface area (Å²) in [5.74, 6) is -0.123. The van der Waals surface area contributed by atoms with Gasteiger partial charge in [0.15, 0.2) is 0 Å². The van der Waals surface area contributed by atoms with E-state index in [1.54, 1.807) is 22.6 Å². The molecule has 1 N–H and O–H groups in total. The lowest BCUT2D eigenvalue weighted by Crippen LogP contribution is -2.44. The number of carbonyl (C=O) groups excluding carboxylic acids is 2. The van der Waals surface area contributed by atoms with E-state index in [1.165, 1.54) is 30.4 Å². The quantitative estimate of drug-likeness (QED) is 0.537. The van der Waals surface area contributed by atoms with E-state index in [1.807, 2.05) is 0 Å². The molecular formula is C27H35F3N4O2. The minimum atomic E-state index is -4.32. The van der Waals surface area contributed by atoms with E-state index in [2.05, 4.69) is 17.2 Å². The van der Waals surface area contributed by atoms with Gasteiger partial charge in [-0.15, -0.1) is 0 Å². The van der Waals surface area contributed by atoms with E-state index in [0.717, 1.165) is 31.6 Å². The molecule has 2 aromatic heterocycles.